The van der Waals surface area contributed by atoms with E-state index < -0.39 is 40.0 Å². The highest BCUT2D eigenvalue weighted by Crippen LogP contribution is 2.30. The minimum Gasteiger partial charge on any atom is -0.490 e. The number of nitriles is 2. The number of hydrogen-bond acceptors (Lipinski definition) is 7. The van der Waals surface area contributed by atoms with Crippen LogP contribution in [-0.2, 0) is 4.79 Å². The summed E-state index contributed by atoms with van der Waals surface area (Å²) >= 11 is 5.62. The van der Waals surface area contributed by atoms with Gasteiger partial charge < -0.3 is 9.47 Å². The summed E-state index contributed by atoms with van der Waals surface area (Å²) in [6.45, 7) is -0.358. The summed E-state index contributed by atoms with van der Waals surface area (Å²) in [4.78, 5) is 22.7. The molecule has 0 saturated heterocycles. The molecule has 0 spiro atoms. The fourth-order valence-electron chi connectivity index (χ4n) is 2.13. The Kier molecular flexibility index (Phi) is 6.48. The van der Waals surface area contributed by atoms with E-state index in [0.717, 1.165) is 18.2 Å². The first-order valence-corrected chi connectivity index (χ1v) is 8.07. The van der Waals surface area contributed by atoms with Gasteiger partial charge in [0.2, 0.25) is 11.5 Å². The van der Waals surface area contributed by atoms with Crippen molar-refractivity contribution in [1.82, 2.24) is 0 Å². The number of nitro benzene ring substituents is 1. The maximum absolute atomic E-state index is 13.7. The standard InChI is InChI=1S/C18H11ClFN3O5/c19-12-5-6-15(13(20)9-12)27-8-7-17(24)18(10-21,11-22)28-16-4-2-1-3-14(16)23(25)26/h1-6,9H,7-8H2. The number of ketones is 1. The molecule has 0 bridgehead atoms. The van der Waals surface area contributed by atoms with Crippen molar-refractivity contribution >= 4 is 23.1 Å². The summed E-state index contributed by atoms with van der Waals surface area (Å²) in [7, 11) is 0. The average Bonchev–Trinajstić information content (AvgIpc) is 2.68. The van der Waals surface area contributed by atoms with Crippen LogP contribution in [0.2, 0.25) is 5.02 Å². The van der Waals surface area contributed by atoms with Gasteiger partial charge in [0.05, 0.1) is 11.5 Å². The van der Waals surface area contributed by atoms with E-state index in [1.165, 1.54) is 36.4 Å². The predicted molar refractivity (Wildman–Crippen MR) is 94.2 cm³/mol. The number of carbonyl (C=O) groups excluding carboxylic acids is 1. The van der Waals surface area contributed by atoms with E-state index in [-0.39, 0.29) is 17.4 Å². The molecule has 2 aromatic carbocycles. The molecular weight excluding hydrogens is 393 g/mol. The molecule has 0 aliphatic carbocycles. The lowest BCUT2D eigenvalue weighted by molar-refractivity contribution is -0.386. The molecule has 0 heterocycles. The molecule has 0 aliphatic rings. The second-order valence-corrected chi connectivity index (χ2v) is 5.76. The van der Waals surface area contributed by atoms with E-state index in [2.05, 4.69) is 0 Å². The zero-order valence-corrected chi connectivity index (χ0v) is 14.9. The zero-order valence-electron chi connectivity index (χ0n) is 14.1. The Morgan fingerprint density at radius 2 is 1.89 bits per heavy atom. The van der Waals surface area contributed by atoms with Gasteiger partial charge in [-0.3, -0.25) is 14.9 Å². The van der Waals surface area contributed by atoms with Crippen LogP contribution in [0, 0.1) is 38.6 Å². The molecule has 8 nitrogen and oxygen atoms in total. The van der Waals surface area contributed by atoms with Crippen molar-refractivity contribution in [3.05, 3.63) is 63.4 Å². The van der Waals surface area contributed by atoms with E-state index in [1.54, 1.807) is 0 Å². The molecule has 2 rings (SSSR count). The minimum atomic E-state index is -2.62. The van der Waals surface area contributed by atoms with Crippen molar-refractivity contribution in [2.45, 2.75) is 12.0 Å². The zero-order chi connectivity index (χ0) is 20.7. The SMILES string of the molecule is N#CC(C#N)(Oc1ccccc1[N+](=O)[O-])C(=O)CCOc1ccc(Cl)cc1F. The van der Waals surface area contributed by atoms with Gasteiger partial charge in [-0.05, 0) is 24.3 Å². The number of benzene rings is 2. The van der Waals surface area contributed by atoms with Gasteiger partial charge in [-0.1, -0.05) is 23.7 Å². The first-order valence-electron chi connectivity index (χ1n) is 7.69. The number of para-hydroxylation sites is 2. The van der Waals surface area contributed by atoms with E-state index in [0.29, 0.717) is 0 Å². The number of hydrogen-bond donors (Lipinski definition) is 0. The van der Waals surface area contributed by atoms with Crippen molar-refractivity contribution in [2.75, 3.05) is 6.61 Å². The summed E-state index contributed by atoms with van der Waals surface area (Å²) < 4.78 is 23.9. The molecule has 0 atom stereocenters. The molecule has 0 aliphatic heterocycles. The Balaban J connectivity index is 2.14. The van der Waals surface area contributed by atoms with Crippen LogP contribution in [0.3, 0.4) is 0 Å². The van der Waals surface area contributed by atoms with Gasteiger partial charge in [-0.2, -0.15) is 10.5 Å². The van der Waals surface area contributed by atoms with E-state index in [1.807, 2.05) is 0 Å². The third-order valence-corrected chi connectivity index (χ3v) is 3.75. The maximum atomic E-state index is 13.7. The predicted octanol–water partition coefficient (Wildman–Crippen LogP) is 3.59. The first kappa shape index (κ1) is 20.6. The first-order chi connectivity index (χ1) is 13.3. The molecule has 0 N–H and O–H groups in total. The van der Waals surface area contributed by atoms with Crippen molar-refractivity contribution in [1.29, 1.82) is 10.5 Å². The smallest absolute Gasteiger partial charge is 0.339 e. The molecule has 28 heavy (non-hydrogen) atoms. The van der Waals surface area contributed by atoms with Crippen LogP contribution in [0.25, 0.3) is 0 Å². The van der Waals surface area contributed by atoms with Crippen molar-refractivity contribution < 1.29 is 23.6 Å². The number of Topliss-reactive ketones (excluding diaryl/α,β-unsaturated/α-hetero) is 1. The Morgan fingerprint density at radius 1 is 1.21 bits per heavy atom. The highest BCUT2D eigenvalue weighted by molar-refractivity contribution is 6.30. The van der Waals surface area contributed by atoms with Gasteiger partial charge in [0.15, 0.2) is 11.6 Å². The monoisotopic (exact) mass is 403 g/mol. The molecule has 10 heteroatoms. The lowest BCUT2D eigenvalue weighted by atomic mass is 9.99. The number of ether oxygens (including phenoxy) is 2. The largest absolute Gasteiger partial charge is 0.490 e. The molecule has 142 valence electrons. The van der Waals surface area contributed by atoms with Crippen molar-refractivity contribution in [3.63, 3.8) is 0 Å². The second-order valence-electron chi connectivity index (χ2n) is 5.33. The highest BCUT2D eigenvalue weighted by atomic mass is 35.5. The maximum Gasteiger partial charge on any atom is 0.339 e. The fourth-order valence-corrected chi connectivity index (χ4v) is 2.29. The number of nitro groups is 1. The third kappa shape index (κ3) is 4.53. The summed E-state index contributed by atoms with van der Waals surface area (Å²) in [6.07, 6.45) is -0.482. The van der Waals surface area contributed by atoms with E-state index in [4.69, 9.17) is 21.1 Å². The molecule has 0 aromatic heterocycles. The third-order valence-electron chi connectivity index (χ3n) is 3.51. The van der Waals surface area contributed by atoms with Crippen LogP contribution < -0.4 is 9.47 Å². The summed E-state index contributed by atoms with van der Waals surface area (Å²) in [5.41, 5.74) is -3.13. The van der Waals surface area contributed by atoms with Gasteiger partial charge in [0, 0.05) is 17.5 Å². The summed E-state index contributed by atoms with van der Waals surface area (Å²) in [6, 6.07) is 11.6. The Labute approximate surface area is 163 Å². The lowest BCUT2D eigenvalue weighted by Gasteiger charge is -2.19. The normalized spacial score (nSPS) is 10.4. The van der Waals surface area contributed by atoms with Gasteiger partial charge in [-0.25, -0.2) is 4.39 Å². The van der Waals surface area contributed by atoms with E-state index in [9.17, 15) is 29.8 Å². The Bertz CT molecular complexity index is 985. The number of halogens is 2. The van der Waals surface area contributed by atoms with Gasteiger partial charge >= 0.3 is 11.3 Å². The van der Waals surface area contributed by atoms with Crippen LogP contribution in [0.5, 0.6) is 11.5 Å². The average molecular weight is 404 g/mol. The number of rotatable bonds is 8. The van der Waals surface area contributed by atoms with Crippen LogP contribution >= 0.6 is 11.6 Å². The van der Waals surface area contributed by atoms with Crippen LogP contribution in [0.15, 0.2) is 42.5 Å². The molecular formula is C18H11ClFN3O5. The van der Waals surface area contributed by atoms with Gasteiger partial charge in [0.1, 0.15) is 12.1 Å². The number of nitrogens with zero attached hydrogens (tertiary/aromatic N) is 3. The fraction of sp³-hybridized carbons (Fsp3) is 0.167. The minimum absolute atomic E-state index is 0.159. The summed E-state index contributed by atoms with van der Waals surface area (Å²) in [5, 5.41) is 29.9. The van der Waals surface area contributed by atoms with Crippen LogP contribution in [0.4, 0.5) is 10.1 Å². The molecule has 0 fully saturated rings. The molecule has 0 radical (unpaired) electrons. The highest BCUT2D eigenvalue weighted by Gasteiger charge is 2.43. The van der Waals surface area contributed by atoms with Crippen molar-refractivity contribution in [3.8, 4) is 23.6 Å². The quantitative estimate of drug-likeness (QED) is 0.486. The van der Waals surface area contributed by atoms with Crippen LogP contribution in [-0.4, -0.2) is 22.9 Å². The number of carbonyl (C=O) groups is 1. The lowest BCUT2D eigenvalue weighted by Crippen LogP contribution is -2.42. The van der Waals surface area contributed by atoms with Gasteiger partial charge in [0.25, 0.3) is 0 Å². The molecule has 2 aromatic rings. The summed E-state index contributed by atoms with van der Waals surface area (Å²) in [5.74, 6) is -2.32. The van der Waals surface area contributed by atoms with Crippen molar-refractivity contribution in [2.24, 2.45) is 0 Å². The Hall–Kier alpha value is -3.69. The molecule has 0 saturated carbocycles. The topological polar surface area (TPSA) is 126 Å². The van der Waals surface area contributed by atoms with Gasteiger partial charge in [-0.15, -0.1) is 0 Å². The molecule has 0 unspecified atom stereocenters. The van der Waals surface area contributed by atoms with E-state index >= 15 is 0 Å². The second kappa shape index (κ2) is 8.80. The molecule has 0 amide bonds. The Morgan fingerprint density at radius 3 is 2.50 bits per heavy atom. The van der Waals surface area contributed by atoms with Crippen LogP contribution in [0.1, 0.15) is 6.42 Å².